The lowest BCUT2D eigenvalue weighted by atomic mass is 10.0. The average molecular weight is 240 g/mol. The molecule has 0 N–H and O–H groups in total. The van der Waals surface area contributed by atoms with Gasteiger partial charge in [-0.3, -0.25) is 0 Å². The first-order valence-electron chi connectivity index (χ1n) is 5.92. The van der Waals surface area contributed by atoms with Crippen molar-refractivity contribution in [1.82, 2.24) is 0 Å². The smallest absolute Gasteiger partial charge is 0.337 e. The van der Waals surface area contributed by atoms with E-state index in [0.29, 0.717) is 5.56 Å². The molecule has 2 nitrogen and oxygen atoms in total. The van der Waals surface area contributed by atoms with Crippen molar-refractivity contribution < 1.29 is 9.53 Å². The summed E-state index contributed by atoms with van der Waals surface area (Å²) in [6, 6.07) is 15.9. The van der Waals surface area contributed by atoms with Crippen LogP contribution in [0.1, 0.15) is 27.0 Å². The number of hydrogen-bond acceptors (Lipinski definition) is 2. The maximum atomic E-state index is 11.4. The fourth-order valence-electron chi connectivity index (χ4n) is 1.98. The normalized spacial score (nSPS) is 10.1. The van der Waals surface area contributed by atoms with Crippen LogP contribution < -0.4 is 0 Å². The number of carbonyl (C=O) groups excluding carboxylic acids is 1. The highest BCUT2D eigenvalue weighted by Gasteiger charge is 2.05. The number of hydrogen-bond donors (Lipinski definition) is 0. The fraction of sp³-hybridized carbons (Fsp3) is 0.188. The van der Waals surface area contributed by atoms with Crippen LogP contribution in [0, 0.1) is 6.92 Å². The lowest BCUT2D eigenvalue weighted by molar-refractivity contribution is 0.0600. The molecule has 0 bridgehead atoms. The zero-order valence-electron chi connectivity index (χ0n) is 10.6. The Morgan fingerprint density at radius 1 is 1.06 bits per heavy atom. The van der Waals surface area contributed by atoms with Crippen LogP contribution in [0.25, 0.3) is 0 Å². The summed E-state index contributed by atoms with van der Waals surface area (Å²) in [5, 5.41) is 0. The molecule has 0 amide bonds. The van der Waals surface area contributed by atoms with Crippen LogP contribution in [0.4, 0.5) is 0 Å². The predicted octanol–water partition coefficient (Wildman–Crippen LogP) is 3.37. The Balaban J connectivity index is 2.22. The van der Waals surface area contributed by atoms with Gasteiger partial charge in [-0.2, -0.15) is 0 Å². The Bertz CT molecular complexity index is 559. The Labute approximate surface area is 107 Å². The van der Waals surface area contributed by atoms with Crippen molar-refractivity contribution >= 4 is 5.97 Å². The average Bonchev–Trinajstić information content (AvgIpc) is 2.38. The molecule has 92 valence electrons. The summed E-state index contributed by atoms with van der Waals surface area (Å²) >= 11 is 0. The van der Waals surface area contributed by atoms with Crippen molar-refractivity contribution in [3.63, 3.8) is 0 Å². The number of methoxy groups -OCH3 is 1. The van der Waals surface area contributed by atoms with Gasteiger partial charge in [0.25, 0.3) is 0 Å². The summed E-state index contributed by atoms with van der Waals surface area (Å²) in [4.78, 5) is 11.4. The van der Waals surface area contributed by atoms with Gasteiger partial charge in [0.05, 0.1) is 12.7 Å². The minimum absolute atomic E-state index is 0.291. The molecule has 0 aliphatic rings. The van der Waals surface area contributed by atoms with Gasteiger partial charge in [0, 0.05) is 0 Å². The van der Waals surface area contributed by atoms with E-state index in [9.17, 15) is 4.79 Å². The molecule has 0 aliphatic heterocycles. The summed E-state index contributed by atoms with van der Waals surface area (Å²) in [6.07, 6.45) is 0.826. The van der Waals surface area contributed by atoms with Gasteiger partial charge in [-0.05, 0) is 36.6 Å². The third-order valence-corrected chi connectivity index (χ3v) is 2.84. The molecule has 18 heavy (non-hydrogen) atoms. The Kier molecular flexibility index (Phi) is 3.78. The second-order valence-corrected chi connectivity index (χ2v) is 4.36. The molecule has 0 radical (unpaired) electrons. The summed E-state index contributed by atoms with van der Waals surface area (Å²) in [6.45, 7) is 2.08. The second kappa shape index (κ2) is 5.50. The van der Waals surface area contributed by atoms with E-state index in [1.807, 2.05) is 18.2 Å². The molecule has 0 spiro atoms. The van der Waals surface area contributed by atoms with Crippen molar-refractivity contribution in [2.24, 2.45) is 0 Å². The van der Waals surface area contributed by atoms with Gasteiger partial charge in [0.2, 0.25) is 0 Å². The number of rotatable bonds is 3. The van der Waals surface area contributed by atoms with E-state index < -0.39 is 0 Å². The molecular formula is C16H16O2. The van der Waals surface area contributed by atoms with E-state index in [-0.39, 0.29) is 5.97 Å². The first-order valence-corrected chi connectivity index (χ1v) is 5.92. The molecular weight excluding hydrogens is 224 g/mol. The molecule has 0 saturated heterocycles. The Morgan fingerprint density at radius 3 is 2.39 bits per heavy atom. The molecule has 0 fully saturated rings. The zero-order valence-corrected chi connectivity index (χ0v) is 10.6. The van der Waals surface area contributed by atoms with Crippen molar-refractivity contribution in [2.75, 3.05) is 7.11 Å². The van der Waals surface area contributed by atoms with Crippen LogP contribution >= 0.6 is 0 Å². The second-order valence-electron chi connectivity index (χ2n) is 4.36. The molecule has 2 heteroatoms. The Hall–Kier alpha value is -2.09. The first-order chi connectivity index (χ1) is 8.69. The lowest BCUT2D eigenvalue weighted by Crippen LogP contribution is -2.01. The first kappa shape index (κ1) is 12.4. The van der Waals surface area contributed by atoms with E-state index in [1.54, 1.807) is 6.07 Å². The molecule has 2 aromatic carbocycles. The molecule has 0 atom stereocenters. The largest absolute Gasteiger partial charge is 0.465 e. The van der Waals surface area contributed by atoms with E-state index in [1.165, 1.54) is 18.2 Å². The molecule has 0 unspecified atom stereocenters. The summed E-state index contributed by atoms with van der Waals surface area (Å²) < 4.78 is 4.72. The lowest BCUT2D eigenvalue weighted by Gasteiger charge is -2.05. The number of carbonyl (C=O) groups is 1. The molecule has 2 rings (SSSR count). The summed E-state index contributed by atoms with van der Waals surface area (Å²) in [5.74, 6) is -0.291. The van der Waals surface area contributed by atoms with Gasteiger partial charge in [0.1, 0.15) is 0 Å². The van der Waals surface area contributed by atoms with Crippen molar-refractivity contribution in [1.29, 1.82) is 0 Å². The highest BCUT2D eigenvalue weighted by molar-refractivity contribution is 5.89. The molecule has 0 saturated carbocycles. The molecule has 0 aliphatic carbocycles. The number of esters is 1. The third kappa shape index (κ3) is 2.98. The predicted molar refractivity (Wildman–Crippen MR) is 71.8 cm³/mol. The maximum absolute atomic E-state index is 11.4. The van der Waals surface area contributed by atoms with Gasteiger partial charge in [0.15, 0.2) is 0 Å². The quantitative estimate of drug-likeness (QED) is 0.769. The SMILES string of the molecule is COC(=O)c1cccc(Cc2cccc(C)c2)c1. The monoisotopic (exact) mass is 240 g/mol. The summed E-state index contributed by atoms with van der Waals surface area (Å²) in [5.41, 5.74) is 4.21. The number of ether oxygens (including phenoxy) is 1. The maximum Gasteiger partial charge on any atom is 0.337 e. The standard InChI is InChI=1S/C16H16O2/c1-12-5-3-6-13(9-12)10-14-7-4-8-15(11-14)16(17)18-2/h3-9,11H,10H2,1-2H3. The van der Waals surface area contributed by atoms with Gasteiger partial charge >= 0.3 is 5.97 Å². The fourth-order valence-corrected chi connectivity index (χ4v) is 1.98. The van der Waals surface area contributed by atoms with Gasteiger partial charge in [-0.25, -0.2) is 4.79 Å². The highest BCUT2D eigenvalue weighted by Crippen LogP contribution is 2.13. The van der Waals surface area contributed by atoms with Crippen LogP contribution in [0.15, 0.2) is 48.5 Å². The highest BCUT2D eigenvalue weighted by atomic mass is 16.5. The van der Waals surface area contributed by atoms with Crippen molar-refractivity contribution in [3.8, 4) is 0 Å². The minimum Gasteiger partial charge on any atom is -0.465 e. The number of aryl methyl sites for hydroxylation is 1. The van der Waals surface area contributed by atoms with E-state index >= 15 is 0 Å². The third-order valence-electron chi connectivity index (χ3n) is 2.84. The zero-order chi connectivity index (χ0) is 13.0. The van der Waals surface area contributed by atoms with Crippen LogP contribution in [-0.2, 0) is 11.2 Å². The van der Waals surface area contributed by atoms with Gasteiger partial charge < -0.3 is 4.74 Å². The van der Waals surface area contributed by atoms with Crippen molar-refractivity contribution in [3.05, 3.63) is 70.8 Å². The van der Waals surface area contributed by atoms with Crippen LogP contribution in [0.3, 0.4) is 0 Å². The van der Waals surface area contributed by atoms with Crippen LogP contribution in [0.5, 0.6) is 0 Å². The number of benzene rings is 2. The van der Waals surface area contributed by atoms with E-state index in [0.717, 1.165) is 12.0 Å². The molecule has 0 aromatic heterocycles. The molecule has 2 aromatic rings. The van der Waals surface area contributed by atoms with Crippen LogP contribution in [-0.4, -0.2) is 13.1 Å². The van der Waals surface area contributed by atoms with Gasteiger partial charge in [-0.15, -0.1) is 0 Å². The Morgan fingerprint density at radius 2 is 1.72 bits per heavy atom. The van der Waals surface area contributed by atoms with Crippen molar-refractivity contribution in [2.45, 2.75) is 13.3 Å². The molecule has 0 heterocycles. The van der Waals surface area contributed by atoms with E-state index in [2.05, 4.69) is 31.2 Å². The van der Waals surface area contributed by atoms with E-state index in [4.69, 9.17) is 4.74 Å². The topological polar surface area (TPSA) is 26.3 Å². The van der Waals surface area contributed by atoms with Crippen LogP contribution in [0.2, 0.25) is 0 Å². The summed E-state index contributed by atoms with van der Waals surface area (Å²) in [7, 11) is 1.40. The minimum atomic E-state index is -0.291. The van der Waals surface area contributed by atoms with Gasteiger partial charge in [-0.1, -0.05) is 42.0 Å².